The highest BCUT2D eigenvalue weighted by Gasteiger charge is 2.13. The number of hydrogen-bond donors (Lipinski definition) is 1. The van der Waals surface area contributed by atoms with Crippen LogP contribution in [0.15, 0.2) is 24.5 Å². The van der Waals surface area contributed by atoms with Gasteiger partial charge in [-0.2, -0.15) is 0 Å². The average Bonchev–Trinajstić information content (AvgIpc) is 2.59. The largest absolute Gasteiger partial charge is 0.314 e. The quantitative estimate of drug-likeness (QED) is 0.710. The normalized spacial score (nSPS) is 22.8. The molecule has 2 rings (SSSR count). The molecule has 1 atom stereocenters. The molecule has 1 fully saturated rings. The third kappa shape index (κ3) is 1.83. The molecule has 1 aromatic heterocycles. The summed E-state index contributed by atoms with van der Waals surface area (Å²) in [6.45, 7) is 1.19. The molecule has 0 bridgehead atoms. The number of pyridine rings is 1. The number of aromatic nitrogens is 1. The third-order valence-electron chi connectivity index (χ3n) is 2.37. The first-order valence-corrected chi connectivity index (χ1v) is 4.57. The van der Waals surface area contributed by atoms with Crippen molar-refractivity contribution in [2.24, 2.45) is 0 Å². The summed E-state index contributed by atoms with van der Waals surface area (Å²) in [4.78, 5) is 4.10. The fraction of sp³-hybridized carbons (Fsp3) is 0.500. The van der Waals surface area contributed by atoms with Crippen LogP contribution in [0.4, 0.5) is 0 Å². The summed E-state index contributed by atoms with van der Waals surface area (Å²) in [5.74, 6) is 0. The number of rotatable bonds is 2. The van der Waals surface area contributed by atoms with Gasteiger partial charge in [0.1, 0.15) is 0 Å². The van der Waals surface area contributed by atoms with E-state index in [4.69, 9.17) is 0 Å². The molecule has 0 radical (unpaired) electrons. The van der Waals surface area contributed by atoms with E-state index in [0.29, 0.717) is 6.04 Å². The molecule has 0 spiro atoms. The highest BCUT2D eigenvalue weighted by Crippen LogP contribution is 2.10. The Morgan fingerprint density at radius 2 is 2.58 bits per heavy atom. The maximum absolute atomic E-state index is 4.10. The standard InChI is InChI=1S/C10H14N2/c1-3-9(8-11-5-1)7-10-4-2-6-12-10/h1,3,5,8,10,12H,2,4,6-7H2/t10-/m0/s1. The van der Waals surface area contributed by atoms with E-state index in [1.54, 1.807) is 0 Å². The van der Waals surface area contributed by atoms with Gasteiger partial charge in [-0.05, 0) is 37.4 Å². The van der Waals surface area contributed by atoms with Crippen LogP contribution >= 0.6 is 0 Å². The molecule has 2 heteroatoms. The Morgan fingerprint density at radius 3 is 3.25 bits per heavy atom. The summed E-state index contributed by atoms with van der Waals surface area (Å²) in [5, 5.41) is 3.48. The Hall–Kier alpha value is -0.890. The molecule has 1 saturated heterocycles. The van der Waals surface area contributed by atoms with E-state index in [9.17, 15) is 0 Å². The fourth-order valence-corrected chi connectivity index (χ4v) is 1.73. The van der Waals surface area contributed by atoms with Crippen LogP contribution in [0.5, 0.6) is 0 Å². The lowest BCUT2D eigenvalue weighted by atomic mass is 10.1. The zero-order chi connectivity index (χ0) is 8.23. The predicted molar refractivity (Wildman–Crippen MR) is 49.0 cm³/mol. The number of hydrogen-bond acceptors (Lipinski definition) is 2. The average molecular weight is 162 g/mol. The van der Waals surface area contributed by atoms with Crippen LogP contribution in [0.2, 0.25) is 0 Å². The number of nitrogens with zero attached hydrogens (tertiary/aromatic N) is 1. The molecule has 1 aromatic rings. The van der Waals surface area contributed by atoms with Gasteiger partial charge in [-0.1, -0.05) is 6.07 Å². The van der Waals surface area contributed by atoms with Gasteiger partial charge in [0.25, 0.3) is 0 Å². The molecule has 0 aromatic carbocycles. The second-order valence-corrected chi connectivity index (χ2v) is 3.36. The lowest BCUT2D eigenvalue weighted by Crippen LogP contribution is -2.23. The Balaban J connectivity index is 1.94. The molecule has 0 aliphatic carbocycles. The van der Waals surface area contributed by atoms with Crippen LogP contribution in [-0.2, 0) is 6.42 Å². The molecule has 1 aliphatic heterocycles. The van der Waals surface area contributed by atoms with E-state index in [1.165, 1.54) is 24.9 Å². The summed E-state index contributed by atoms with van der Waals surface area (Å²) in [6, 6.07) is 4.84. The minimum absolute atomic E-state index is 0.689. The smallest absolute Gasteiger partial charge is 0.0300 e. The maximum atomic E-state index is 4.10. The van der Waals surface area contributed by atoms with E-state index in [1.807, 2.05) is 18.5 Å². The summed E-state index contributed by atoms with van der Waals surface area (Å²) in [6.07, 6.45) is 7.55. The summed E-state index contributed by atoms with van der Waals surface area (Å²) in [7, 11) is 0. The fourth-order valence-electron chi connectivity index (χ4n) is 1.73. The van der Waals surface area contributed by atoms with Crippen LogP contribution in [0.25, 0.3) is 0 Å². The summed E-state index contributed by atoms with van der Waals surface area (Å²) < 4.78 is 0. The minimum Gasteiger partial charge on any atom is -0.314 e. The van der Waals surface area contributed by atoms with Crippen molar-refractivity contribution in [2.75, 3.05) is 6.54 Å². The molecule has 1 N–H and O–H groups in total. The van der Waals surface area contributed by atoms with Crippen LogP contribution in [-0.4, -0.2) is 17.6 Å². The molecule has 0 amide bonds. The van der Waals surface area contributed by atoms with Crippen molar-refractivity contribution in [3.63, 3.8) is 0 Å². The second kappa shape index (κ2) is 3.68. The van der Waals surface area contributed by atoms with Crippen molar-refractivity contribution < 1.29 is 0 Å². The molecule has 12 heavy (non-hydrogen) atoms. The summed E-state index contributed by atoms with van der Waals surface area (Å²) in [5.41, 5.74) is 1.34. The van der Waals surface area contributed by atoms with Crippen LogP contribution in [0.3, 0.4) is 0 Å². The topological polar surface area (TPSA) is 24.9 Å². The van der Waals surface area contributed by atoms with Gasteiger partial charge in [-0.3, -0.25) is 4.98 Å². The van der Waals surface area contributed by atoms with Gasteiger partial charge in [0.05, 0.1) is 0 Å². The van der Waals surface area contributed by atoms with Crippen molar-refractivity contribution in [1.29, 1.82) is 0 Å². The lowest BCUT2D eigenvalue weighted by Gasteiger charge is -2.08. The Bertz CT molecular complexity index is 227. The van der Waals surface area contributed by atoms with E-state index >= 15 is 0 Å². The first-order valence-electron chi connectivity index (χ1n) is 4.57. The molecule has 2 heterocycles. The van der Waals surface area contributed by atoms with Gasteiger partial charge in [0.15, 0.2) is 0 Å². The number of nitrogens with one attached hydrogen (secondary N) is 1. The van der Waals surface area contributed by atoms with Gasteiger partial charge in [0, 0.05) is 18.4 Å². The van der Waals surface area contributed by atoms with Gasteiger partial charge in [0.2, 0.25) is 0 Å². The molecule has 1 aliphatic rings. The van der Waals surface area contributed by atoms with Gasteiger partial charge in [-0.15, -0.1) is 0 Å². The predicted octanol–water partition coefficient (Wildman–Crippen LogP) is 1.38. The van der Waals surface area contributed by atoms with Gasteiger partial charge in [-0.25, -0.2) is 0 Å². The first-order chi connectivity index (χ1) is 5.95. The second-order valence-electron chi connectivity index (χ2n) is 3.36. The van der Waals surface area contributed by atoms with Gasteiger partial charge >= 0.3 is 0 Å². The zero-order valence-corrected chi connectivity index (χ0v) is 7.16. The summed E-state index contributed by atoms with van der Waals surface area (Å²) >= 11 is 0. The Kier molecular flexibility index (Phi) is 2.37. The first kappa shape index (κ1) is 7.74. The van der Waals surface area contributed by atoms with Crippen molar-refractivity contribution in [1.82, 2.24) is 10.3 Å². The van der Waals surface area contributed by atoms with Gasteiger partial charge < -0.3 is 5.32 Å². The van der Waals surface area contributed by atoms with E-state index in [2.05, 4.69) is 16.4 Å². The van der Waals surface area contributed by atoms with E-state index in [0.717, 1.165) is 6.42 Å². The van der Waals surface area contributed by atoms with E-state index < -0.39 is 0 Å². The molecule has 2 nitrogen and oxygen atoms in total. The third-order valence-corrected chi connectivity index (χ3v) is 2.37. The van der Waals surface area contributed by atoms with Crippen molar-refractivity contribution >= 4 is 0 Å². The van der Waals surface area contributed by atoms with Crippen LogP contribution in [0.1, 0.15) is 18.4 Å². The Labute approximate surface area is 73.0 Å². The molecule has 0 unspecified atom stereocenters. The zero-order valence-electron chi connectivity index (χ0n) is 7.16. The Morgan fingerprint density at radius 1 is 1.58 bits per heavy atom. The van der Waals surface area contributed by atoms with Crippen molar-refractivity contribution in [2.45, 2.75) is 25.3 Å². The highest BCUT2D eigenvalue weighted by molar-refractivity contribution is 5.10. The van der Waals surface area contributed by atoms with Crippen LogP contribution in [0, 0.1) is 0 Å². The molecular formula is C10H14N2. The molecular weight excluding hydrogens is 148 g/mol. The van der Waals surface area contributed by atoms with Crippen LogP contribution < -0.4 is 5.32 Å². The van der Waals surface area contributed by atoms with Crippen molar-refractivity contribution in [3.8, 4) is 0 Å². The maximum Gasteiger partial charge on any atom is 0.0300 e. The van der Waals surface area contributed by atoms with E-state index in [-0.39, 0.29) is 0 Å². The highest BCUT2D eigenvalue weighted by atomic mass is 14.9. The molecule has 64 valence electrons. The monoisotopic (exact) mass is 162 g/mol. The molecule has 0 saturated carbocycles. The minimum atomic E-state index is 0.689. The van der Waals surface area contributed by atoms with Crippen molar-refractivity contribution in [3.05, 3.63) is 30.1 Å². The lowest BCUT2D eigenvalue weighted by molar-refractivity contribution is 0.602. The SMILES string of the molecule is c1cncc(C[C@@H]2CCCN2)c1.